The lowest BCUT2D eigenvalue weighted by molar-refractivity contribution is 0.534. The maximum atomic E-state index is 13.9. The summed E-state index contributed by atoms with van der Waals surface area (Å²) in [5, 5.41) is 3.59. The van der Waals surface area contributed by atoms with Gasteiger partial charge in [-0.05, 0) is 38.1 Å². The van der Waals surface area contributed by atoms with Crippen molar-refractivity contribution in [3.8, 4) is 0 Å². The number of hydrogen-bond acceptors (Lipinski definition) is 1. The van der Waals surface area contributed by atoms with E-state index in [2.05, 4.69) is 30.4 Å². The summed E-state index contributed by atoms with van der Waals surface area (Å²) in [7, 11) is 1.84. The molecule has 0 heterocycles. The number of halogens is 2. The second kappa shape index (κ2) is 6.18. The molecule has 0 bridgehead atoms. The molecule has 2 aromatic carbocycles. The summed E-state index contributed by atoms with van der Waals surface area (Å²) < 4.78 is 13.9. The van der Waals surface area contributed by atoms with Crippen molar-refractivity contribution in [3.63, 3.8) is 0 Å². The maximum Gasteiger partial charge on any atom is 0.129 e. The molecule has 0 aromatic heterocycles. The minimum Gasteiger partial charge on any atom is -0.313 e. The van der Waals surface area contributed by atoms with Crippen LogP contribution in [0.15, 0.2) is 42.5 Å². The van der Waals surface area contributed by atoms with Crippen LogP contribution in [0, 0.1) is 12.7 Å². The van der Waals surface area contributed by atoms with Gasteiger partial charge in [0, 0.05) is 16.6 Å². The van der Waals surface area contributed by atoms with Crippen LogP contribution in [0.5, 0.6) is 0 Å². The van der Waals surface area contributed by atoms with Gasteiger partial charge in [-0.3, -0.25) is 0 Å². The quantitative estimate of drug-likeness (QED) is 0.879. The fourth-order valence-electron chi connectivity index (χ4n) is 2.23. The zero-order valence-corrected chi connectivity index (χ0v) is 11.8. The molecular formula is C16H17ClFN. The van der Waals surface area contributed by atoms with Crippen molar-refractivity contribution < 1.29 is 4.39 Å². The molecule has 0 fully saturated rings. The SMILES string of the molecule is CNC(Cc1cccc(C)c1)c1ccc(Cl)cc1F. The lowest BCUT2D eigenvalue weighted by Gasteiger charge is -2.18. The zero-order chi connectivity index (χ0) is 13.8. The highest BCUT2D eigenvalue weighted by Crippen LogP contribution is 2.24. The predicted octanol–water partition coefficient (Wildman–Crippen LogP) is 4.29. The van der Waals surface area contributed by atoms with E-state index >= 15 is 0 Å². The number of benzene rings is 2. The summed E-state index contributed by atoms with van der Waals surface area (Å²) in [6, 6.07) is 13.0. The van der Waals surface area contributed by atoms with E-state index in [0.717, 1.165) is 6.42 Å². The standard InChI is InChI=1S/C16H17ClFN/c1-11-4-3-5-12(8-11)9-16(19-2)14-7-6-13(17)10-15(14)18/h3-8,10,16,19H,9H2,1-2H3. The van der Waals surface area contributed by atoms with Crippen LogP contribution in [0.2, 0.25) is 5.02 Å². The molecule has 0 aliphatic heterocycles. The van der Waals surface area contributed by atoms with E-state index in [1.165, 1.54) is 17.2 Å². The number of hydrogen-bond donors (Lipinski definition) is 1. The predicted molar refractivity (Wildman–Crippen MR) is 78.1 cm³/mol. The fraction of sp³-hybridized carbons (Fsp3) is 0.250. The Labute approximate surface area is 118 Å². The third kappa shape index (κ3) is 3.55. The van der Waals surface area contributed by atoms with E-state index in [9.17, 15) is 4.39 Å². The second-order valence-corrected chi connectivity index (χ2v) is 5.14. The Hall–Kier alpha value is -1.38. The van der Waals surface area contributed by atoms with Crippen LogP contribution in [-0.2, 0) is 6.42 Å². The molecule has 2 rings (SSSR count). The highest BCUT2D eigenvalue weighted by Gasteiger charge is 2.14. The monoisotopic (exact) mass is 277 g/mol. The van der Waals surface area contributed by atoms with Crippen molar-refractivity contribution in [2.45, 2.75) is 19.4 Å². The van der Waals surface area contributed by atoms with E-state index in [1.54, 1.807) is 12.1 Å². The van der Waals surface area contributed by atoms with Gasteiger partial charge in [0.2, 0.25) is 0 Å². The van der Waals surface area contributed by atoms with Gasteiger partial charge in [0.1, 0.15) is 5.82 Å². The van der Waals surface area contributed by atoms with Crippen LogP contribution < -0.4 is 5.32 Å². The molecule has 0 spiro atoms. The number of aryl methyl sites for hydroxylation is 1. The summed E-state index contributed by atoms with van der Waals surface area (Å²) in [5.74, 6) is -0.264. The first-order valence-corrected chi connectivity index (χ1v) is 6.65. The summed E-state index contributed by atoms with van der Waals surface area (Å²) in [5.41, 5.74) is 3.05. The first kappa shape index (κ1) is 14.0. The Morgan fingerprint density at radius 2 is 2.00 bits per heavy atom. The van der Waals surface area contributed by atoms with Crippen molar-refractivity contribution in [3.05, 3.63) is 70.0 Å². The third-order valence-corrected chi connectivity index (χ3v) is 3.44. The minimum absolute atomic E-state index is 0.0564. The first-order valence-electron chi connectivity index (χ1n) is 6.28. The van der Waals surface area contributed by atoms with E-state index in [-0.39, 0.29) is 11.9 Å². The van der Waals surface area contributed by atoms with Crippen LogP contribution in [0.1, 0.15) is 22.7 Å². The molecule has 0 radical (unpaired) electrons. The fourth-order valence-corrected chi connectivity index (χ4v) is 2.39. The van der Waals surface area contributed by atoms with Crippen LogP contribution >= 0.6 is 11.6 Å². The lowest BCUT2D eigenvalue weighted by Crippen LogP contribution is -2.20. The molecule has 1 nitrogen and oxygen atoms in total. The summed E-state index contributed by atoms with van der Waals surface area (Å²) in [6.45, 7) is 2.06. The molecule has 1 unspecified atom stereocenters. The lowest BCUT2D eigenvalue weighted by atomic mass is 9.97. The van der Waals surface area contributed by atoms with Gasteiger partial charge in [-0.15, -0.1) is 0 Å². The highest BCUT2D eigenvalue weighted by atomic mass is 35.5. The number of likely N-dealkylation sites (N-methyl/N-ethyl adjacent to an activating group) is 1. The molecule has 3 heteroatoms. The third-order valence-electron chi connectivity index (χ3n) is 3.21. The smallest absolute Gasteiger partial charge is 0.129 e. The molecule has 1 atom stereocenters. The Bertz CT molecular complexity index is 568. The van der Waals surface area contributed by atoms with E-state index in [4.69, 9.17) is 11.6 Å². The summed E-state index contributed by atoms with van der Waals surface area (Å²) >= 11 is 5.79. The average Bonchev–Trinajstić information content (AvgIpc) is 2.37. The van der Waals surface area contributed by atoms with Gasteiger partial charge in [-0.1, -0.05) is 47.5 Å². The van der Waals surface area contributed by atoms with Crippen LogP contribution in [-0.4, -0.2) is 7.05 Å². The Morgan fingerprint density at radius 3 is 2.63 bits per heavy atom. The van der Waals surface area contributed by atoms with Gasteiger partial charge < -0.3 is 5.32 Å². The van der Waals surface area contributed by atoms with Gasteiger partial charge in [0.15, 0.2) is 0 Å². The van der Waals surface area contributed by atoms with Gasteiger partial charge in [0.25, 0.3) is 0 Å². The maximum absolute atomic E-state index is 13.9. The van der Waals surface area contributed by atoms with Crippen molar-refractivity contribution in [2.75, 3.05) is 7.05 Å². The summed E-state index contributed by atoms with van der Waals surface area (Å²) in [4.78, 5) is 0. The van der Waals surface area contributed by atoms with Gasteiger partial charge in [0.05, 0.1) is 0 Å². The van der Waals surface area contributed by atoms with Gasteiger partial charge in [-0.25, -0.2) is 4.39 Å². The topological polar surface area (TPSA) is 12.0 Å². The highest BCUT2D eigenvalue weighted by molar-refractivity contribution is 6.30. The average molecular weight is 278 g/mol. The molecule has 2 aromatic rings. The molecule has 0 saturated heterocycles. The summed E-state index contributed by atoms with van der Waals surface area (Å²) in [6.07, 6.45) is 0.747. The zero-order valence-electron chi connectivity index (χ0n) is 11.1. The van der Waals surface area contributed by atoms with Crippen LogP contribution in [0.4, 0.5) is 4.39 Å². The van der Waals surface area contributed by atoms with E-state index in [0.29, 0.717) is 10.6 Å². The van der Waals surface area contributed by atoms with Crippen LogP contribution in [0.3, 0.4) is 0 Å². The number of nitrogens with one attached hydrogen (secondary N) is 1. The molecule has 19 heavy (non-hydrogen) atoms. The molecule has 1 N–H and O–H groups in total. The van der Waals surface area contributed by atoms with E-state index < -0.39 is 0 Å². The molecule has 0 amide bonds. The normalized spacial score (nSPS) is 12.4. The van der Waals surface area contributed by atoms with Crippen molar-refractivity contribution in [1.29, 1.82) is 0 Å². The second-order valence-electron chi connectivity index (χ2n) is 4.70. The van der Waals surface area contributed by atoms with Crippen molar-refractivity contribution in [1.82, 2.24) is 5.32 Å². The first-order chi connectivity index (χ1) is 9.10. The van der Waals surface area contributed by atoms with Gasteiger partial charge >= 0.3 is 0 Å². The van der Waals surface area contributed by atoms with Crippen molar-refractivity contribution >= 4 is 11.6 Å². The molecule has 100 valence electrons. The largest absolute Gasteiger partial charge is 0.313 e. The molecule has 0 saturated carbocycles. The Balaban J connectivity index is 2.25. The van der Waals surface area contributed by atoms with Crippen molar-refractivity contribution in [2.24, 2.45) is 0 Å². The molecular weight excluding hydrogens is 261 g/mol. The van der Waals surface area contributed by atoms with Gasteiger partial charge in [-0.2, -0.15) is 0 Å². The molecule has 0 aliphatic rings. The minimum atomic E-state index is -0.264. The Morgan fingerprint density at radius 1 is 1.21 bits per heavy atom. The van der Waals surface area contributed by atoms with E-state index in [1.807, 2.05) is 13.1 Å². The Kier molecular flexibility index (Phi) is 4.56. The van der Waals surface area contributed by atoms with Crippen LogP contribution in [0.25, 0.3) is 0 Å². The number of rotatable bonds is 4. The molecule has 0 aliphatic carbocycles.